The topological polar surface area (TPSA) is 253 Å². The number of aliphatic hydroxyl groups excluding tert-OH is 1. The minimum absolute atomic E-state index is 0. The molecule has 1 aliphatic heterocycles. The molecule has 160 valence electrons. The first-order chi connectivity index (χ1) is 12.7. The number of phosphoric ester groups is 1. The Morgan fingerprint density at radius 2 is 1.71 bits per heavy atom. The maximum absolute atomic E-state index is 11.7. The average molecular weight is 534 g/mol. The molecule has 2 heterocycles. The SMILES string of the molecule is O=c1ccn(C2CC(O)C(COP(=O)([O-])OP(=O)([O-])OP(=O)([O-])O)O2)c(=O)[nH]1.[Na+].[Na+].[Na+]. The van der Waals surface area contributed by atoms with E-state index in [0.717, 1.165) is 16.8 Å². The Balaban J connectivity index is 0. The smallest absolute Gasteiger partial charge is 0.756 e. The van der Waals surface area contributed by atoms with Crippen molar-refractivity contribution in [2.45, 2.75) is 24.9 Å². The van der Waals surface area contributed by atoms with Crippen molar-refractivity contribution >= 4 is 23.5 Å². The Bertz CT molecular complexity index is 980. The van der Waals surface area contributed by atoms with E-state index in [9.17, 15) is 43.1 Å². The van der Waals surface area contributed by atoms with Crippen LogP contribution < -0.4 is 115 Å². The van der Waals surface area contributed by atoms with Crippen molar-refractivity contribution in [3.63, 3.8) is 0 Å². The van der Waals surface area contributed by atoms with Gasteiger partial charge in [0.05, 0.1) is 12.7 Å². The van der Waals surface area contributed by atoms with Gasteiger partial charge in [-0.15, -0.1) is 0 Å². The molecule has 0 spiro atoms. The molecule has 3 N–H and O–H groups in total. The molecule has 0 saturated carbocycles. The van der Waals surface area contributed by atoms with Crippen molar-refractivity contribution in [3.05, 3.63) is 33.1 Å². The number of aromatic nitrogens is 2. The van der Waals surface area contributed by atoms with Crippen LogP contribution in [0.1, 0.15) is 12.6 Å². The first kappa shape index (κ1) is 35.2. The fraction of sp³-hybridized carbons (Fsp3) is 0.556. The van der Waals surface area contributed by atoms with E-state index in [0.29, 0.717) is 0 Å². The van der Waals surface area contributed by atoms with Crippen LogP contribution in [-0.4, -0.2) is 38.4 Å². The molecule has 0 aromatic carbocycles. The summed E-state index contributed by atoms with van der Waals surface area (Å²) in [5.41, 5.74) is -1.54. The number of aliphatic hydroxyl groups is 1. The van der Waals surface area contributed by atoms with Crippen molar-refractivity contribution in [1.82, 2.24) is 9.55 Å². The Morgan fingerprint density at radius 1 is 1.13 bits per heavy atom. The van der Waals surface area contributed by atoms with E-state index in [-0.39, 0.29) is 95.1 Å². The summed E-state index contributed by atoms with van der Waals surface area (Å²) in [6.07, 6.45) is -2.97. The molecule has 1 aromatic rings. The van der Waals surface area contributed by atoms with E-state index < -0.39 is 59.8 Å². The van der Waals surface area contributed by atoms with Gasteiger partial charge in [0.25, 0.3) is 29.0 Å². The van der Waals surface area contributed by atoms with Crippen molar-refractivity contribution in [2.24, 2.45) is 0 Å². The quantitative estimate of drug-likeness (QED) is 0.207. The van der Waals surface area contributed by atoms with Gasteiger partial charge in [-0.3, -0.25) is 28.0 Å². The van der Waals surface area contributed by atoms with Gasteiger partial charge in [0.15, 0.2) is 0 Å². The van der Waals surface area contributed by atoms with Crippen molar-refractivity contribution < 1.29 is 145 Å². The molecule has 0 bridgehead atoms. The normalized spacial score (nSPS) is 26.2. The Labute approximate surface area is 240 Å². The van der Waals surface area contributed by atoms with Crippen LogP contribution >= 0.6 is 23.5 Å². The summed E-state index contributed by atoms with van der Waals surface area (Å²) in [5, 5.41) is 9.87. The number of phosphoric acid groups is 3. The molecule has 6 atom stereocenters. The summed E-state index contributed by atoms with van der Waals surface area (Å²) < 4.78 is 49.7. The van der Waals surface area contributed by atoms with E-state index in [1.807, 2.05) is 4.98 Å². The molecule has 0 radical (unpaired) electrons. The minimum Gasteiger partial charge on any atom is -0.756 e. The molecular formula is C9H12N2Na3O14P3. The van der Waals surface area contributed by atoms with E-state index in [1.165, 1.54) is 0 Å². The first-order valence-electron chi connectivity index (χ1n) is 7.05. The van der Waals surface area contributed by atoms with Crippen LogP contribution in [0.5, 0.6) is 0 Å². The summed E-state index contributed by atoms with van der Waals surface area (Å²) in [7, 11) is -17.6. The summed E-state index contributed by atoms with van der Waals surface area (Å²) in [5.74, 6) is 0. The zero-order chi connectivity index (χ0) is 21.3. The zero-order valence-electron chi connectivity index (χ0n) is 16.4. The third-order valence-electron chi connectivity index (χ3n) is 3.17. The van der Waals surface area contributed by atoms with Gasteiger partial charge < -0.3 is 33.9 Å². The standard InChI is InChI=1S/C9H15N2O14P3.3Na/c12-5-3-8(11-2-1-7(13)10-9(11)14)23-6(5)4-22-27(18,19)25-28(20,21)24-26(15,16)17;;;/h1-2,5-6,8,12H,3-4H2,(H,18,19)(H,20,21)(H,10,13,14)(H2,15,16,17);;;/q;3*+1/p-3. The number of nitrogens with one attached hydrogen (secondary N) is 1. The van der Waals surface area contributed by atoms with E-state index in [1.54, 1.807) is 0 Å². The molecule has 1 aliphatic rings. The van der Waals surface area contributed by atoms with E-state index in [4.69, 9.17) is 9.63 Å². The molecule has 0 amide bonds. The molecule has 1 saturated heterocycles. The van der Waals surface area contributed by atoms with Crippen LogP contribution in [0.4, 0.5) is 0 Å². The van der Waals surface area contributed by atoms with Crippen LogP contribution in [0, 0.1) is 0 Å². The molecular weight excluding hydrogens is 522 g/mol. The van der Waals surface area contributed by atoms with Gasteiger partial charge >= 0.3 is 94.4 Å². The van der Waals surface area contributed by atoms with Gasteiger partial charge in [0, 0.05) is 18.7 Å². The van der Waals surface area contributed by atoms with Crippen LogP contribution in [-0.2, 0) is 31.6 Å². The molecule has 2 rings (SSSR count). The molecule has 22 heteroatoms. The fourth-order valence-electron chi connectivity index (χ4n) is 2.14. The van der Waals surface area contributed by atoms with Crippen LogP contribution in [0.2, 0.25) is 0 Å². The average Bonchev–Trinajstić information content (AvgIpc) is 2.82. The second-order valence-electron chi connectivity index (χ2n) is 5.27. The van der Waals surface area contributed by atoms with Gasteiger partial charge in [0.2, 0.25) is 0 Å². The maximum Gasteiger partial charge on any atom is 1.00 e. The van der Waals surface area contributed by atoms with Gasteiger partial charge in [-0.2, -0.15) is 0 Å². The molecule has 1 aromatic heterocycles. The summed E-state index contributed by atoms with van der Waals surface area (Å²) in [6, 6.07) is 1.00. The van der Waals surface area contributed by atoms with Crippen molar-refractivity contribution in [2.75, 3.05) is 6.61 Å². The van der Waals surface area contributed by atoms with Gasteiger partial charge in [-0.1, -0.05) is 0 Å². The Hall–Kier alpha value is 2.01. The fourth-order valence-corrected chi connectivity index (χ4v) is 5.04. The van der Waals surface area contributed by atoms with Crippen LogP contribution in [0.15, 0.2) is 21.9 Å². The monoisotopic (exact) mass is 534 g/mol. The van der Waals surface area contributed by atoms with Crippen molar-refractivity contribution in [3.8, 4) is 0 Å². The van der Waals surface area contributed by atoms with E-state index in [2.05, 4.69) is 13.1 Å². The second-order valence-corrected chi connectivity index (χ2v) is 9.56. The number of hydrogen-bond donors (Lipinski definition) is 3. The molecule has 6 unspecified atom stereocenters. The predicted molar refractivity (Wildman–Crippen MR) is 79.0 cm³/mol. The van der Waals surface area contributed by atoms with Gasteiger partial charge in [-0.05, 0) is 0 Å². The van der Waals surface area contributed by atoms with Gasteiger partial charge in [-0.25, -0.2) is 13.4 Å². The summed E-state index contributed by atoms with van der Waals surface area (Å²) in [4.78, 5) is 65.8. The summed E-state index contributed by atoms with van der Waals surface area (Å²) in [6.45, 7) is -0.981. The number of aromatic amines is 1. The number of nitrogens with zero attached hydrogens (tertiary/aromatic N) is 1. The number of rotatable bonds is 8. The second kappa shape index (κ2) is 13.9. The zero-order valence-corrected chi connectivity index (χ0v) is 25.1. The predicted octanol–water partition coefficient (Wildman–Crippen LogP) is -12.4. The number of ether oxygens (including phenoxy) is 1. The maximum atomic E-state index is 11.7. The molecule has 1 fully saturated rings. The van der Waals surface area contributed by atoms with Crippen molar-refractivity contribution in [1.29, 1.82) is 0 Å². The number of H-pyrrole nitrogens is 1. The molecule has 31 heavy (non-hydrogen) atoms. The third-order valence-corrected chi connectivity index (χ3v) is 6.86. The third kappa shape index (κ3) is 12.0. The van der Waals surface area contributed by atoms with Crippen LogP contribution in [0.3, 0.4) is 0 Å². The molecule has 0 aliphatic carbocycles. The van der Waals surface area contributed by atoms with Gasteiger partial charge in [0.1, 0.15) is 12.3 Å². The Morgan fingerprint density at radius 3 is 2.23 bits per heavy atom. The first-order valence-corrected chi connectivity index (χ1v) is 11.5. The largest absolute Gasteiger partial charge is 1.00 e. The minimum atomic E-state index is -6.04. The number of hydrogen-bond acceptors (Lipinski definition) is 13. The molecule has 16 nitrogen and oxygen atoms in total. The van der Waals surface area contributed by atoms with E-state index >= 15 is 0 Å². The van der Waals surface area contributed by atoms with Crippen LogP contribution in [0.25, 0.3) is 0 Å². The summed E-state index contributed by atoms with van der Waals surface area (Å²) >= 11 is 0. The Kier molecular flexibility index (Phi) is 15.8.